The molecular formula is C56H72O12. The highest BCUT2D eigenvalue weighted by molar-refractivity contribution is 5.69. The molecule has 0 spiro atoms. The average molecular weight is 937 g/mol. The molecule has 0 unspecified atom stereocenters. The molecular weight excluding hydrogens is 865 g/mol. The van der Waals surface area contributed by atoms with Crippen LogP contribution < -0.4 is 0 Å². The van der Waals surface area contributed by atoms with Crippen LogP contribution in [0.15, 0.2) is 121 Å². The second-order valence-electron chi connectivity index (χ2n) is 18.5. The Hall–Kier alpha value is -4.05. The molecule has 0 aliphatic carbocycles. The van der Waals surface area contributed by atoms with E-state index in [1.165, 1.54) is 57.8 Å². The number of carbonyl (C=O) groups is 1. The highest BCUT2D eigenvalue weighted by Crippen LogP contribution is 2.41. The Labute approximate surface area is 402 Å². The number of hydrogen-bond donors (Lipinski definition) is 1. The van der Waals surface area contributed by atoms with Crippen molar-refractivity contribution in [2.45, 2.75) is 184 Å². The van der Waals surface area contributed by atoms with Gasteiger partial charge in [-0.05, 0) is 17.5 Å². The predicted octanol–water partition coefficient (Wildman–Crippen LogP) is 10.6. The Morgan fingerprint density at radius 1 is 0.515 bits per heavy atom. The third kappa shape index (κ3) is 14.3. The van der Waals surface area contributed by atoms with Gasteiger partial charge in [0.1, 0.15) is 42.7 Å². The van der Waals surface area contributed by atoms with Crippen LogP contribution in [-0.2, 0) is 65.4 Å². The molecule has 0 radical (unpaired) electrons. The fourth-order valence-electron chi connectivity index (χ4n) is 9.56. The second kappa shape index (κ2) is 26.8. The fourth-order valence-corrected chi connectivity index (χ4v) is 9.56. The summed E-state index contributed by atoms with van der Waals surface area (Å²) in [6, 6.07) is 38.9. The smallest absolute Gasteiger partial charge is 0.306 e. The molecule has 12 nitrogen and oxygen atoms in total. The largest absolute Gasteiger partial charge is 0.454 e. The van der Waals surface area contributed by atoms with Gasteiger partial charge in [0.25, 0.3) is 0 Å². The Balaban J connectivity index is 0.982. The normalized spacial score (nSPS) is 29.1. The van der Waals surface area contributed by atoms with Gasteiger partial charge in [-0.2, -0.15) is 0 Å². The van der Waals surface area contributed by atoms with E-state index in [2.05, 4.69) is 6.92 Å². The van der Waals surface area contributed by atoms with Gasteiger partial charge in [-0.1, -0.05) is 205 Å². The molecule has 0 bridgehead atoms. The van der Waals surface area contributed by atoms with Crippen LogP contribution in [0.2, 0.25) is 0 Å². The Morgan fingerprint density at radius 3 is 1.44 bits per heavy atom. The maximum Gasteiger partial charge on any atom is 0.306 e. The SMILES string of the molecule is CCCCCCCCCCCCCCCC(=O)O[C@H]1[C@@H](O[C@H]2O[C@@H]3CO[C@@H](c4ccccc4)O[C@H]3[C@H](OCc3ccccc3)[C@H]2O)O[C@@H]2CO[C@@H](c3ccccc3)O[C@H]2[C@@H]1OCc1ccccc1. The summed E-state index contributed by atoms with van der Waals surface area (Å²) in [6.45, 7) is 2.94. The van der Waals surface area contributed by atoms with Gasteiger partial charge < -0.3 is 52.5 Å². The zero-order valence-corrected chi connectivity index (χ0v) is 39.6. The van der Waals surface area contributed by atoms with Crippen molar-refractivity contribution in [3.8, 4) is 0 Å². The van der Waals surface area contributed by atoms with E-state index >= 15 is 0 Å². The summed E-state index contributed by atoms with van der Waals surface area (Å²) in [5.74, 6) is -0.399. The summed E-state index contributed by atoms with van der Waals surface area (Å²) < 4.78 is 65.3. The third-order valence-electron chi connectivity index (χ3n) is 13.3. The minimum atomic E-state index is -1.36. The van der Waals surface area contributed by atoms with E-state index in [0.717, 1.165) is 41.5 Å². The number of benzene rings is 4. The van der Waals surface area contributed by atoms with E-state index in [9.17, 15) is 9.90 Å². The highest BCUT2D eigenvalue weighted by Gasteiger charge is 2.56. The van der Waals surface area contributed by atoms with Crippen molar-refractivity contribution in [2.24, 2.45) is 0 Å². The van der Waals surface area contributed by atoms with Crippen LogP contribution in [0.3, 0.4) is 0 Å². The number of rotatable bonds is 25. The molecule has 4 aliphatic heterocycles. The molecule has 4 saturated heterocycles. The first-order valence-corrected chi connectivity index (χ1v) is 25.3. The Bertz CT molecular complexity index is 2010. The molecule has 12 heteroatoms. The maximum absolute atomic E-state index is 14.0. The van der Waals surface area contributed by atoms with Crippen LogP contribution in [0.25, 0.3) is 0 Å². The zero-order valence-electron chi connectivity index (χ0n) is 39.6. The average Bonchev–Trinajstić information content (AvgIpc) is 3.38. The summed E-state index contributed by atoms with van der Waals surface area (Å²) in [6.07, 6.45) is 4.79. The van der Waals surface area contributed by atoms with Gasteiger partial charge in [0, 0.05) is 17.5 Å². The number of hydrogen-bond acceptors (Lipinski definition) is 12. The molecule has 4 aromatic rings. The fraction of sp³-hybridized carbons (Fsp3) is 0.554. The van der Waals surface area contributed by atoms with Crippen molar-refractivity contribution >= 4 is 5.97 Å². The molecule has 68 heavy (non-hydrogen) atoms. The summed E-state index contributed by atoms with van der Waals surface area (Å²) in [5, 5.41) is 12.3. The lowest BCUT2D eigenvalue weighted by Crippen LogP contribution is -2.67. The molecule has 4 fully saturated rings. The third-order valence-corrected chi connectivity index (χ3v) is 13.3. The van der Waals surface area contributed by atoms with Crippen molar-refractivity contribution in [2.75, 3.05) is 13.2 Å². The van der Waals surface area contributed by atoms with Gasteiger partial charge in [-0.3, -0.25) is 4.79 Å². The lowest BCUT2D eigenvalue weighted by Gasteiger charge is -2.51. The summed E-state index contributed by atoms with van der Waals surface area (Å²) in [5.41, 5.74) is 3.53. The molecule has 0 amide bonds. The monoisotopic (exact) mass is 937 g/mol. The second-order valence-corrected chi connectivity index (χ2v) is 18.5. The number of esters is 1. The van der Waals surface area contributed by atoms with Crippen molar-refractivity contribution in [1.29, 1.82) is 0 Å². The van der Waals surface area contributed by atoms with Crippen LogP contribution in [0.1, 0.15) is 132 Å². The molecule has 12 atom stereocenters. The highest BCUT2D eigenvalue weighted by atomic mass is 16.8. The number of aliphatic hydroxyl groups excluding tert-OH is 1. The number of aliphatic hydroxyl groups is 1. The summed E-state index contributed by atoms with van der Waals surface area (Å²) >= 11 is 0. The van der Waals surface area contributed by atoms with E-state index in [1.807, 2.05) is 121 Å². The predicted molar refractivity (Wildman–Crippen MR) is 255 cm³/mol. The number of fused-ring (bicyclic) bond motifs is 2. The van der Waals surface area contributed by atoms with E-state index < -0.39 is 80.0 Å². The standard InChI is InChI=1S/C56H72O12/c1-2-3-4-5-6-7-8-9-10-11-12-13-26-35-46(57)65-52-51(60-37-41-29-20-15-21-30-41)49-45(39-62-54(67-49)43-33-24-17-25-34-43)64-56(52)68-55-47(58)50(59-36-40-27-18-14-19-28-40)48-44(63-55)38-61-53(66-48)42-31-22-16-23-32-42/h14-25,27-34,44-45,47-56,58H,2-13,26,35-39H2,1H3/t44-,45-,47-,48-,49-,50-,51+,52-,53-,54-,55-,56-/m1/s1. The minimum absolute atomic E-state index is 0.138. The van der Waals surface area contributed by atoms with Crippen molar-refractivity contribution in [3.63, 3.8) is 0 Å². The lowest BCUT2D eigenvalue weighted by molar-refractivity contribution is -0.416. The Kier molecular flexibility index (Phi) is 19.8. The topological polar surface area (TPSA) is 130 Å². The van der Waals surface area contributed by atoms with Crippen LogP contribution in [0.4, 0.5) is 0 Å². The molecule has 368 valence electrons. The molecule has 0 saturated carbocycles. The van der Waals surface area contributed by atoms with Crippen LogP contribution in [0.5, 0.6) is 0 Å². The van der Waals surface area contributed by atoms with Crippen molar-refractivity contribution < 1.29 is 57.3 Å². The summed E-state index contributed by atoms with van der Waals surface area (Å²) in [4.78, 5) is 14.0. The van der Waals surface area contributed by atoms with Gasteiger partial charge >= 0.3 is 5.97 Å². The molecule has 0 aromatic heterocycles. The van der Waals surface area contributed by atoms with E-state index in [4.69, 9.17) is 47.4 Å². The molecule has 4 aliphatic rings. The maximum atomic E-state index is 14.0. The summed E-state index contributed by atoms with van der Waals surface area (Å²) in [7, 11) is 0. The van der Waals surface area contributed by atoms with E-state index in [-0.39, 0.29) is 32.8 Å². The van der Waals surface area contributed by atoms with Gasteiger partial charge in [0.15, 0.2) is 25.0 Å². The van der Waals surface area contributed by atoms with Gasteiger partial charge in [-0.25, -0.2) is 0 Å². The minimum Gasteiger partial charge on any atom is -0.454 e. The zero-order chi connectivity index (χ0) is 46.8. The van der Waals surface area contributed by atoms with Crippen LogP contribution >= 0.6 is 0 Å². The van der Waals surface area contributed by atoms with Crippen molar-refractivity contribution in [1.82, 2.24) is 0 Å². The molecule has 4 heterocycles. The van der Waals surface area contributed by atoms with Crippen LogP contribution in [-0.4, -0.2) is 85.7 Å². The van der Waals surface area contributed by atoms with E-state index in [1.54, 1.807) is 0 Å². The number of carbonyl (C=O) groups excluding carboxylic acids is 1. The van der Waals surface area contributed by atoms with Gasteiger partial charge in [0.05, 0.1) is 26.4 Å². The first kappa shape index (κ1) is 50.3. The first-order chi connectivity index (χ1) is 33.5. The van der Waals surface area contributed by atoms with Crippen molar-refractivity contribution in [3.05, 3.63) is 144 Å². The van der Waals surface area contributed by atoms with Gasteiger partial charge in [0.2, 0.25) is 6.29 Å². The van der Waals surface area contributed by atoms with E-state index in [0.29, 0.717) is 6.42 Å². The molecule has 4 aromatic carbocycles. The molecule has 1 N–H and O–H groups in total. The quantitative estimate of drug-likeness (QED) is 0.0502. The molecule has 8 rings (SSSR count). The number of unbranched alkanes of at least 4 members (excludes halogenated alkanes) is 12. The first-order valence-electron chi connectivity index (χ1n) is 25.3. The Morgan fingerprint density at radius 2 is 0.941 bits per heavy atom. The van der Waals surface area contributed by atoms with Crippen LogP contribution in [0, 0.1) is 0 Å². The number of ether oxygens (including phenoxy) is 10. The lowest BCUT2D eigenvalue weighted by atomic mass is 9.96. The van der Waals surface area contributed by atoms with Gasteiger partial charge in [-0.15, -0.1) is 0 Å².